The van der Waals surface area contributed by atoms with Crippen molar-refractivity contribution in [2.24, 2.45) is 11.7 Å². The van der Waals surface area contributed by atoms with E-state index in [4.69, 9.17) is 5.73 Å². The molecule has 1 fully saturated rings. The van der Waals surface area contributed by atoms with Crippen molar-refractivity contribution in [2.45, 2.75) is 38.8 Å². The predicted octanol–water partition coefficient (Wildman–Crippen LogP) is 3.71. The van der Waals surface area contributed by atoms with Crippen LogP contribution in [0.5, 0.6) is 0 Å². The Bertz CT molecular complexity index is 432. The molecule has 0 spiro atoms. The number of benzene rings is 1. The molecule has 1 atom stereocenters. The van der Waals surface area contributed by atoms with Crippen molar-refractivity contribution in [2.75, 3.05) is 13.1 Å². The smallest absolute Gasteiger partial charge is 0.137 e. The lowest BCUT2D eigenvalue weighted by molar-refractivity contribution is 0.169. The van der Waals surface area contributed by atoms with Gasteiger partial charge in [0.25, 0.3) is 0 Å². The molecule has 0 radical (unpaired) electrons. The number of hydrogen-bond acceptors (Lipinski definition) is 2. The van der Waals surface area contributed by atoms with Gasteiger partial charge in [0.15, 0.2) is 0 Å². The average molecular weight is 329 g/mol. The summed E-state index contributed by atoms with van der Waals surface area (Å²) >= 11 is 3.20. The van der Waals surface area contributed by atoms with Gasteiger partial charge in [0.05, 0.1) is 4.47 Å². The zero-order chi connectivity index (χ0) is 14.0. The highest BCUT2D eigenvalue weighted by Gasteiger charge is 2.34. The summed E-state index contributed by atoms with van der Waals surface area (Å²) in [5.41, 5.74) is 6.94. The van der Waals surface area contributed by atoms with E-state index in [1.54, 1.807) is 12.1 Å². The van der Waals surface area contributed by atoms with E-state index in [9.17, 15) is 4.39 Å². The second-order valence-electron chi connectivity index (χ2n) is 5.75. The number of rotatable bonds is 6. The molecular weight excluding hydrogens is 307 g/mol. The van der Waals surface area contributed by atoms with Crippen molar-refractivity contribution in [1.29, 1.82) is 0 Å². The fraction of sp³-hybridized carbons (Fsp3) is 0.600. The topological polar surface area (TPSA) is 29.3 Å². The Balaban J connectivity index is 2.22. The molecule has 0 aliphatic heterocycles. The normalized spacial score (nSPS) is 17.2. The van der Waals surface area contributed by atoms with Gasteiger partial charge in [-0.15, -0.1) is 0 Å². The van der Waals surface area contributed by atoms with Crippen LogP contribution in [0.4, 0.5) is 4.39 Å². The lowest BCUT2D eigenvalue weighted by atomic mass is 10.0. The number of halogens is 2. The molecule has 19 heavy (non-hydrogen) atoms. The van der Waals surface area contributed by atoms with E-state index in [1.165, 1.54) is 12.8 Å². The highest BCUT2D eigenvalue weighted by molar-refractivity contribution is 9.10. The first kappa shape index (κ1) is 14.9. The molecule has 2 N–H and O–H groups in total. The summed E-state index contributed by atoms with van der Waals surface area (Å²) in [5.74, 6) is 0.381. The average Bonchev–Trinajstić information content (AvgIpc) is 3.17. The molecule has 1 aliphatic rings. The van der Waals surface area contributed by atoms with E-state index in [1.807, 2.05) is 6.07 Å². The molecule has 1 aromatic rings. The molecule has 4 heteroatoms. The summed E-state index contributed by atoms with van der Waals surface area (Å²) in [6.07, 6.45) is 2.48. The van der Waals surface area contributed by atoms with E-state index in [-0.39, 0.29) is 11.9 Å². The highest BCUT2D eigenvalue weighted by atomic mass is 79.9. The molecule has 1 saturated carbocycles. The van der Waals surface area contributed by atoms with Gasteiger partial charge in [0, 0.05) is 25.2 Å². The molecule has 0 heterocycles. The lowest BCUT2D eigenvalue weighted by Gasteiger charge is -2.33. The van der Waals surface area contributed by atoms with Gasteiger partial charge >= 0.3 is 0 Å². The van der Waals surface area contributed by atoms with Crippen molar-refractivity contribution in [1.82, 2.24) is 4.90 Å². The molecule has 0 saturated heterocycles. The summed E-state index contributed by atoms with van der Waals surface area (Å²) in [6, 6.07) is 6.10. The first-order valence-corrected chi connectivity index (χ1v) is 7.73. The van der Waals surface area contributed by atoms with Crippen LogP contribution in [-0.4, -0.2) is 24.0 Å². The number of nitrogens with two attached hydrogens (primary N) is 1. The fourth-order valence-corrected chi connectivity index (χ4v) is 2.79. The summed E-state index contributed by atoms with van der Waals surface area (Å²) in [7, 11) is 0. The maximum Gasteiger partial charge on any atom is 0.137 e. The van der Waals surface area contributed by atoms with Gasteiger partial charge in [-0.3, -0.25) is 4.90 Å². The van der Waals surface area contributed by atoms with Crippen molar-refractivity contribution < 1.29 is 4.39 Å². The summed E-state index contributed by atoms with van der Waals surface area (Å²) in [4.78, 5) is 2.45. The Morgan fingerprint density at radius 2 is 2.11 bits per heavy atom. The molecular formula is C15H22BrFN2. The van der Waals surface area contributed by atoms with E-state index in [2.05, 4.69) is 34.7 Å². The standard InChI is InChI=1S/C15H22BrFN2/c1-10(2)9-19(12-4-5-12)15(8-18)11-3-6-13(16)14(17)7-11/h3,6-7,10,12,15H,4-5,8-9,18H2,1-2H3. The van der Waals surface area contributed by atoms with E-state index in [0.29, 0.717) is 23.0 Å². The first-order valence-electron chi connectivity index (χ1n) is 6.93. The van der Waals surface area contributed by atoms with Crippen molar-refractivity contribution in [3.05, 3.63) is 34.1 Å². The van der Waals surface area contributed by atoms with Gasteiger partial charge in [-0.05, 0) is 52.4 Å². The maximum absolute atomic E-state index is 13.7. The van der Waals surface area contributed by atoms with Crippen LogP contribution in [0, 0.1) is 11.7 Å². The summed E-state index contributed by atoms with van der Waals surface area (Å²) in [5, 5.41) is 0. The SMILES string of the molecule is CC(C)CN(C1CC1)C(CN)c1ccc(Br)c(F)c1. The molecule has 0 amide bonds. The maximum atomic E-state index is 13.7. The van der Waals surface area contributed by atoms with Crippen LogP contribution in [0.2, 0.25) is 0 Å². The second kappa shape index (κ2) is 6.33. The van der Waals surface area contributed by atoms with Crippen molar-refractivity contribution >= 4 is 15.9 Å². The van der Waals surface area contributed by atoms with E-state index >= 15 is 0 Å². The predicted molar refractivity (Wildman–Crippen MR) is 80.5 cm³/mol. The minimum Gasteiger partial charge on any atom is -0.329 e. The van der Waals surface area contributed by atoms with Crippen LogP contribution in [0.15, 0.2) is 22.7 Å². The Morgan fingerprint density at radius 3 is 2.58 bits per heavy atom. The van der Waals surface area contributed by atoms with Crippen LogP contribution in [-0.2, 0) is 0 Å². The van der Waals surface area contributed by atoms with Crippen LogP contribution in [0.1, 0.15) is 38.3 Å². The Hall–Kier alpha value is -0.450. The van der Waals surface area contributed by atoms with Gasteiger partial charge < -0.3 is 5.73 Å². The Labute approximate surface area is 123 Å². The quantitative estimate of drug-likeness (QED) is 0.862. The zero-order valence-corrected chi connectivity index (χ0v) is 13.2. The zero-order valence-electron chi connectivity index (χ0n) is 11.6. The van der Waals surface area contributed by atoms with Crippen LogP contribution in [0.3, 0.4) is 0 Å². The van der Waals surface area contributed by atoms with Gasteiger partial charge in [0.2, 0.25) is 0 Å². The van der Waals surface area contributed by atoms with Crippen LogP contribution >= 0.6 is 15.9 Å². The van der Waals surface area contributed by atoms with E-state index < -0.39 is 0 Å². The molecule has 2 rings (SSSR count). The third-order valence-electron chi connectivity index (χ3n) is 3.54. The van der Waals surface area contributed by atoms with Crippen LogP contribution in [0.25, 0.3) is 0 Å². The molecule has 2 nitrogen and oxygen atoms in total. The minimum atomic E-state index is -0.212. The van der Waals surface area contributed by atoms with Crippen molar-refractivity contribution in [3.63, 3.8) is 0 Å². The summed E-state index contributed by atoms with van der Waals surface area (Å²) in [6.45, 7) is 5.98. The third kappa shape index (κ3) is 3.77. The number of hydrogen-bond donors (Lipinski definition) is 1. The molecule has 1 aromatic carbocycles. The largest absolute Gasteiger partial charge is 0.329 e. The second-order valence-corrected chi connectivity index (χ2v) is 6.60. The van der Waals surface area contributed by atoms with E-state index in [0.717, 1.165) is 12.1 Å². The van der Waals surface area contributed by atoms with Gasteiger partial charge in [-0.1, -0.05) is 19.9 Å². The first-order chi connectivity index (χ1) is 9.02. The highest BCUT2D eigenvalue weighted by Crippen LogP contribution is 2.35. The molecule has 1 aliphatic carbocycles. The van der Waals surface area contributed by atoms with Gasteiger partial charge in [-0.25, -0.2) is 4.39 Å². The number of nitrogens with zero attached hydrogens (tertiary/aromatic N) is 1. The third-order valence-corrected chi connectivity index (χ3v) is 4.19. The van der Waals surface area contributed by atoms with Gasteiger partial charge in [0.1, 0.15) is 5.82 Å². The van der Waals surface area contributed by atoms with Crippen LogP contribution < -0.4 is 5.73 Å². The van der Waals surface area contributed by atoms with Crippen molar-refractivity contribution in [3.8, 4) is 0 Å². The molecule has 106 valence electrons. The van der Waals surface area contributed by atoms with Gasteiger partial charge in [-0.2, -0.15) is 0 Å². The lowest BCUT2D eigenvalue weighted by Crippen LogP contribution is -2.38. The molecule has 0 aromatic heterocycles. The Kier molecular flexibility index (Phi) is 4.98. The molecule has 0 bridgehead atoms. The summed E-state index contributed by atoms with van der Waals surface area (Å²) < 4.78 is 14.2. The minimum absolute atomic E-state index is 0.123. The Morgan fingerprint density at radius 1 is 1.42 bits per heavy atom. The molecule has 1 unspecified atom stereocenters. The monoisotopic (exact) mass is 328 g/mol. The fourth-order valence-electron chi connectivity index (χ4n) is 2.54.